The lowest BCUT2D eigenvalue weighted by atomic mass is 9.74. The van der Waals surface area contributed by atoms with E-state index >= 15 is 0 Å². The molecule has 2 aromatic heterocycles. The van der Waals surface area contributed by atoms with Gasteiger partial charge >= 0.3 is 0 Å². The molecule has 2 aliphatic heterocycles. The van der Waals surface area contributed by atoms with Crippen LogP contribution >= 0.6 is 0 Å². The van der Waals surface area contributed by atoms with Gasteiger partial charge in [0.25, 0.3) is 11.8 Å². The van der Waals surface area contributed by atoms with Gasteiger partial charge in [-0.2, -0.15) is 0 Å². The van der Waals surface area contributed by atoms with Gasteiger partial charge in [-0.05, 0) is 69.9 Å². The molecule has 0 bridgehead atoms. The van der Waals surface area contributed by atoms with Gasteiger partial charge in [-0.1, -0.05) is 14.0 Å². The molecule has 3 amide bonds. The maximum atomic E-state index is 13.3. The monoisotopic (exact) mass is 573 g/mol. The Morgan fingerprint density at radius 1 is 1.17 bits per heavy atom. The van der Waals surface area contributed by atoms with Crippen molar-refractivity contribution in [2.75, 3.05) is 57.5 Å². The van der Waals surface area contributed by atoms with Crippen LogP contribution in [0.3, 0.4) is 0 Å². The van der Waals surface area contributed by atoms with E-state index < -0.39 is 11.8 Å². The highest BCUT2D eigenvalue weighted by Crippen LogP contribution is 2.37. The third-order valence-electron chi connectivity index (χ3n) is 7.45. The van der Waals surface area contributed by atoms with Crippen molar-refractivity contribution >= 4 is 29.2 Å². The number of benzene rings is 1. The molecule has 5 rings (SSSR count). The minimum Gasteiger partial charge on any atom is -0.492 e. The van der Waals surface area contributed by atoms with E-state index in [1.165, 1.54) is 0 Å². The second-order valence-electron chi connectivity index (χ2n) is 10.7. The third kappa shape index (κ3) is 6.53. The Morgan fingerprint density at radius 2 is 2.00 bits per heavy atom. The summed E-state index contributed by atoms with van der Waals surface area (Å²) in [5.41, 5.74) is 3.51. The van der Waals surface area contributed by atoms with Gasteiger partial charge in [-0.3, -0.25) is 14.4 Å². The number of ether oxygens (including phenoxy) is 1. The highest BCUT2D eigenvalue weighted by molar-refractivity contribution is 6.11. The molecule has 3 aromatic rings. The number of aromatic amines is 1. The van der Waals surface area contributed by atoms with Crippen LogP contribution in [-0.2, 0) is 10.2 Å². The van der Waals surface area contributed by atoms with E-state index in [0.717, 1.165) is 49.0 Å². The van der Waals surface area contributed by atoms with Crippen LogP contribution < -0.4 is 26.0 Å². The van der Waals surface area contributed by atoms with Crippen molar-refractivity contribution in [2.45, 2.75) is 25.7 Å². The predicted molar refractivity (Wildman–Crippen MR) is 164 cm³/mol. The summed E-state index contributed by atoms with van der Waals surface area (Å²) in [6.07, 6.45) is 4.75. The van der Waals surface area contributed by atoms with Crippen LogP contribution in [0.4, 0.5) is 11.5 Å². The van der Waals surface area contributed by atoms with Crippen molar-refractivity contribution < 1.29 is 19.1 Å². The second-order valence-corrected chi connectivity index (χ2v) is 10.7. The zero-order valence-electron chi connectivity index (χ0n) is 23.3. The second kappa shape index (κ2) is 13.0. The maximum absolute atomic E-state index is 13.3. The number of aromatic nitrogens is 2. The van der Waals surface area contributed by atoms with Crippen LogP contribution in [0, 0.1) is 0 Å². The number of rotatable bonds is 9. The maximum Gasteiger partial charge on any atom is 0.258 e. The zero-order valence-corrected chi connectivity index (χ0v) is 23.3. The first-order valence-corrected chi connectivity index (χ1v) is 13.6. The fourth-order valence-corrected chi connectivity index (χ4v) is 5.27. The van der Waals surface area contributed by atoms with Crippen molar-refractivity contribution in [3.8, 4) is 17.0 Å². The molecular weight excluding hydrogens is 534 g/mol. The Kier molecular flexibility index (Phi) is 9.44. The van der Waals surface area contributed by atoms with Gasteiger partial charge in [0.2, 0.25) is 5.91 Å². The quantitative estimate of drug-likeness (QED) is 0.247. The topological polar surface area (TPSA) is 140 Å². The van der Waals surface area contributed by atoms with Crippen molar-refractivity contribution in [1.29, 1.82) is 0 Å². The standard InChI is InChI=1S/C30H35N7O4.CH4/c1-4-26(38)34-24-15-20(41-13-12-37(2)3)6-7-21(24)29(40)36-25-14-19(8-11-32-25)23-16-22-27(35-23)30(18-33-28(22)39)9-5-10-31-17-30;/h4,6-8,11,14-16,31,35H,1,5,9-10,12-13,17-18H2,2-3H3,(H,33,39)(H,34,38)(H,32,36,40);1H4. The number of hydrogen-bond donors (Lipinski definition) is 5. The molecule has 1 atom stereocenters. The minimum absolute atomic E-state index is 0. The average molecular weight is 574 g/mol. The first-order valence-electron chi connectivity index (χ1n) is 13.6. The molecule has 0 radical (unpaired) electrons. The summed E-state index contributed by atoms with van der Waals surface area (Å²) >= 11 is 0. The van der Waals surface area contributed by atoms with E-state index in [1.54, 1.807) is 30.5 Å². The molecule has 1 aromatic carbocycles. The molecule has 11 nitrogen and oxygen atoms in total. The fourth-order valence-electron chi connectivity index (χ4n) is 5.27. The van der Waals surface area contributed by atoms with E-state index in [4.69, 9.17) is 4.74 Å². The lowest BCUT2D eigenvalue weighted by molar-refractivity contribution is -0.111. The highest BCUT2D eigenvalue weighted by atomic mass is 16.5. The third-order valence-corrected chi connectivity index (χ3v) is 7.45. The Morgan fingerprint density at radius 3 is 2.74 bits per heavy atom. The molecule has 1 spiro atoms. The zero-order chi connectivity index (χ0) is 29.0. The van der Waals surface area contributed by atoms with E-state index in [2.05, 4.69) is 37.8 Å². The number of nitrogens with one attached hydrogen (secondary N) is 5. The number of carbonyl (C=O) groups excluding carboxylic acids is 3. The molecule has 42 heavy (non-hydrogen) atoms. The number of pyridine rings is 1. The fraction of sp³-hybridized carbons (Fsp3) is 0.355. The Bertz CT molecular complexity index is 1470. The highest BCUT2D eigenvalue weighted by Gasteiger charge is 2.42. The van der Waals surface area contributed by atoms with Crippen molar-refractivity contribution in [2.24, 2.45) is 0 Å². The number of hydrogen-bond acceptors (Lipinski definition) is 7. The van der Waals surface area contributed by atoms with Crippen LogP contribution in [0.25, 0.3) is 11.3 Å². The minimum atomic E-state index is -0.453. The summed E-state index contributed by atoms with van der Waals surface area (Å²) in [6, 6.07) is 10.3. The molecule has 1 fully saturated rings. The molecule has 222 valence electrons. The van der Waals surface area contributed by atoms with E-state index in [0.29, 0.717) is 42.5 Å². The summed E-state index contributed by atoms with van der Waals surface area (Å²) in [4.78, 5) is 47.9. The van der Waals surface area contributed by atoms with Gasteiger partial charge in [-0.25, -0.2) is 4.98 Å². The number of carbonyl (C=O) groups is 3. The Balaban J connectivity index is 0.00000405. The summed E-state index contributed by atoms with van der Waals surface area (Å²) in [7, 11) is 3.89. The van der Waals surface area contributed by atoms with Gasteiger partial charge in [0.15, 0.2) is 0 Å². The smallest absolute Gasteiger partial charge is 0.258 e. The molecule has 4 heterocycles. The van der Waals surface area contributed by atoms with Gasteiger partial charge in [0.05, 0.1) is 16.8 Å². The molecule has 1 saturated heterocycles. The summed E-state index contributed by atoms with van der Waals surface area (Å²) in [6.45, 7) is 7.01. The van der Waals surface area contributed by atoms with Crippen molar-refractivity contribution in [1.82, 2.24) is 25.5 Å². The number of fused-ring (bicyclic) bond motifs is 2. The summed E-state index contributed by atoms with van der Waals surface area (Å²) in [5.74, 6) is -0.148. The SMILES string of the molecule is C.C=CC(=O)Nc1cc(OCCN(C)C)ccc1C(=O)Nc1cc(-c2cc3c([nH]2)C2(CCCNC2)CNC3=O)ccn1. The largest absolute Gasteiger partial charge is 0.492 e. The van der Waals surface area contributed by atoms with E-state index in [-0.39, 0.29) is 24.3 Å². The van der Waals surface area contributed by atoms with Crippen molar-refractivity contribution in [3.05, 3.63) is 72.1 Å². The number of likely N-dealkylation sites (N-methyl/N-ethyl adjacent to an activating group) is 1. The van der Waals surface area contributed by atoms with Crippen LogP contribution in [0.15, 0.2) is 55.3 Å². The van der Waals surface area contributed by atoms with Gasteiger partial charge in [0.1, 0.15) is 18.2 Å². The van der Waals surface area contributed by atoms with Gasteiger partial charge < -0.3 is 35.9 Å². The molecule has 5 N–H and O–H groups in total. The normalized spacial score (nSPS) is 17.5. The van der Waals surface area contributed by atoms with Gasteiger partial charge in [0, 0.05) is 54.3 Å². The number of anilines is 2. The van der Waals surface area contributed by atoms with Crippen molar-refractivity contribution in [3.63, 3.8) is 0 Å². The number of H-pyrrole nitrogens is 1. The summed E-state index contributed by atoms with van der Waals surface area (Å²) < 4.78 is 5.78. The molecule has 0 aliphatic carbocycles. The number of amides is 3. The van der Waals surface area contributed by atoms with Gasteiger partial charge in [-0.15, -0.1) is 0 Å². The Hall–Kier alpha value is -4.48. The Labute approximate surface area is 246 Å². The number of nitrogens with zero attached hydrogens (tertiary/aromatic N) is 2. The average Bonchev–Trinajstić information content (AvgIpc) is 3.43. The van der Waals surface area contributed by atoms with Crippen LogP contribution in [0.5, 0.6) is 5.75 Å². The lowest BCUT2D eigenvalue weighted by Crippen LogP contribution is -2.54. The van der Waals surface area contributed by atoms with Crippen LogP contribution in [0.1, 0.15) is 46.7 Å². The molecule has 0 saturated carbocycles. The molecular formula is C31H39N7O4. The van der Waals surface area contributed by atoms with Crippen LogP contribution in [-0.4, -0.2) is 79.5 Å². The lowest BCUT2D eigenvalue weighted by Gasteiger charge is -2.40. The van der Waals surface area contributed by atoms with E-state index in [1.807, 2.05) is 31.1 Å². The molecule has 2 aliphatic rings. The predicted octanol–water partition coefficient (Wildman–Crippen LogP) is 3.39. The first-order chi connectivity index (χ1) is 19.8. The van der Waals surface area contributed by atoms with Crippen LogP contribution in [0.2, 0.25) is 0 Å². The van der Waals surface area contributed by atoms with E-state index in [9.17, 15) is 14.4 Å². The molecule has 11 heteroatoms. The number of piperidine rings is 1. The first kappa shape index (κ1) is 30.5. The molecule has 1 unspecified atom stereocenters. The summed E-state index contributed by atoms with van der Waals surface area (Å²) in [5, 5.41) is 12.0.